The fourth-order valence-corrected chi connectivity index (χ4v) is 2.80. The van der Waals surface area contributed by atoms with Crippen LogP contribution in [0.3, 0.4) is 0 Å². The largest absolute Gasteiger partial charge is 0.355 e. The van der Waals surface area contributed by atoms with Gasteiger partial charge < -0.3 is 10.2 Å². The van der Waals surface area contributed by atoms with E-state index in [0.717, 1.165) is 25.5 Å². The number of aromatic nitrogens is 1. The normalized spacial score (nSPS) is 11.0. The van der Waals surface area contributed by atoms with E-state index in [-0.39, 0.29) is 0 Å². The monoisotopic (exact) mass is 289 g/mol. The second kappa shape index (κ2) is 7.41. The minimum Gasteiger partial charge on any atom is -0.355 e. The average molecular weight is 289 g/mol. The lowest BCUT2D eigenvalue weighted by atomic mass is 10.2. The Morgan fingerprint density at radius 3 is 2.90 bits per heavy atom. The minimum atomic E-state index is 0.665. The van der Waals surface area contributed by atoms with E-state index in [2.05, 4.69) is 59.0 Å². The van der Waals surface area contributed by atoms with Crippen molar-refractivity contribution in [1.29, 1.82) is 0 Å². The molecule has 2 rings (SSSR count). The molecule has 0 radical (unpaired) electrons. The molecule has 4 heteroatoms. The van der Waals surface area contributed by atoms with Gasteiger partial charge in [0.15, 0.2) is 0 Å². The number of nitrogens with zero attached hydrogens (tertiary/aromatic N) is 2. The highest BCUT2D eigenvalue weighted by Crippen LogP contribution is 2.19. The topological polar surface area (TPSA) is 28.2 Å². The molecule has 2 aromatic rings. The first-order valence-corrected chi connectivity index (χ1v) is 7.98. The Kier molecular flexibility index (Phi) is 5.56. The first kappa shape index (κ1) is 15.0. The molecule has 1 N–H and O–H groups in total. The number of pyridine rings is 1. The van der Waals surface area contributed by atoms with Crippen molar-refractivity contribution in [2.75, 3.05) is 18.5 Å². The fourth-order valence-electron chi connectivity index (χ4n) is 2.14. The smallest absolute Gasteiger partial charge is 0.133 e. The maximum atomic E-state index is 4.55. The van der Waals surface area contributed by atoms with Crippen LogP contribution in [-0.4, -0.2) is 18.6 Å². The van der Waals surface area contributed by atoms with Crippen molar-refractivity contribution in [1.82, 2.24) is 10.3 Å². The molecule has 0 saturated heterocycles. The molecule has 0 unspecified atom stereocenters. The second-order valence-corrected chi connectivity index (χ2v) is 6.28. The summed E-state index contributed by atoms with van der Waals surface area (Å²) in [6, 6.07) is 6.33. The number of rotatable bonds is 7. The van der Waals surface area contributed by atoms with Gasteiger partial charge in [-0.2, -0.15) is 11.3 Å². The lowest BCUT2D eigenvalue weighted by molar-refractivity contribution is 0.551. The standard InChI is InChI=1S/C16H23N3S/c1-13(2)9-17-10-15-5-4-7-18-16(15)19(3)11-14-6-8-20-12-14/h4-8,12-13,17H,9-11H2,1-3H3. The summed E-state index contributed by atoms with van der Waals surface area (Å²) in [5, 5.41) is 7.80. The van der Waals surface area contributed by atoms with E-state index in [1.54, 1.807) is 11.3 Å². The number of nitrogens with one attached hydrogen (secondary N) is 1. The Labute approximate surface area is 125 Å². The molecule has 0 aromatic carbocycles. The molecule has 0 saturated carbocycles. The maximum Gasteiger partial charge on any atom is 0.133 e. The maximum absolute atomic E-state index is 4.55. The van der Waals surface area contributed by atoms with Gasteiger partial charge in [0, 0.05) is 31.9 Å². The van der Waals surface area contributed by atoms with Gasteiger partial charge in [-0.25, -0.2) is 4.98 Å². The summed E-state index contributed by atoms with van der Waals surface area (Å²) >= 11 is 1.74. The lowest BCUT2D eigenvalue weighted by Gasteiger charge is -2.21. The summed E-state index contributed by atoms with van der Waals surface area (Å²) in [6.07, 6.45) is 1.87. The molecule has 0 atom stereocenters. The van der Waals surface area contributed by atoms with Crippen molar-refractivity contribution in [3.8, 4) is 0 Å². The number of thiophene rings is 1. The zero-order valence-corrected chi connectivity index (χ0v) is 13.3. The zero-order chi connectivity index (χ0) is 14.4. The molecule has 20 heavy (non-hydrogen) atoms. The van der Waals surface area contributed by atoms with E-state index >= 15 is 0 Å². The third-order valence-corrected chi connectivity index (χ3v) is 3.83. The first-order chi connectivity index (χ1) is 9.66. The van der Waals surface area contributed by atoms with Crippen molar-refractivity contribution < 1.29 is 0 Å². The van der Waals surface area contributed by atoms with Crippen LogP contribution in [0.15, 0.2) is 35.2 Å². The summed E-state index contributed by atoms with van der Waals surface area (Å²) in [5.74, 6) is 1.73. The van der Waals surface area contributed by atoms with Crippen LogP contribution < -0.4 is 10.2 Å². The van der Waals surface area contributed by atoms with Crippen LogP contribution in [0.4, 0.5) is 5.82 Å². The summed E-state index contributed by atoms with van der Waals surface area (Å²) in [4.78, 5) is 6.76. The highest BCUT2D eigenvalue weighted by atomic mass is 32.1. The minimum absolute atomic E-state index is 0.665. The average Bonchev–Trinajstić information content (AvgIpc) is 2.91. The predicted molar refractivity (Wildman–Crippen MR) is 87.2 cm³/mol. The Balaban J connectivity index is 2.02. The Morgan fingerprint density at radius 1 is 1.35 bits per heavy atom. The van der Waals surface area contributed by atoms with Crippen LogP contribution >= 0.6 is 11.3 Å². The molecule has 0 amide bonds. The van der Waals surface area contributed by atoms with Gasteiger partial charge in [0.25, 0.3) is 0 Å². The van der Waals surface area contributed by atoms with E-state index in [1.165, 1.54) is 11.1 Å². The molecule has 2 aromatic heterocycles. The molecule has 108 valence electrons. The van der Waals surface area contributed by atoms with E-state index in [0.29, 0.717) is 5.92 Å². The Bertz CT molecular complexity index is 508. The molecule has 0 aliphatic rings. The number of anilines is 1. The zero-order valence-electron chi connectivity index (χ0n) is 12.5. The van der Waals surface area contributed by atoms with Crippen molar-refractivity contribution in [3.63, 3.8) is 0 Å². The van der Waals surface area contributed by atoms with Gasteiger partial charge in [0.1, 0.15) is 5.82 Å². The van der Waals surface area contributed by atoms with E-state index in [4.69, 9.17) is 0 Å². The second-order valence-electron chi connectivity index (χ2n) is 5.50. The third kappa shape index (κ3) is 4.32. The summed E-state index contributed by atoms with van der Waals surface area (Å²) in [7, 11) is 2.10. The van der Waals surface area contributed by atoms with E-state index < -0.39 is 0 Å². The van der Waals surface area contributed by atoms with Gasteiger partial charge in [-0.15, -0.1) is 0 Å². The van der Waals surface area contributed by atoms with Gasteiger partial charge in [-0.05, 0) is 40.9 Å². The van der Waals surface area contributed by atoms with Crippen LogP contribution in [0.1, 0.15) is 25.0 Å². The highest BCUT2D eigenvalue weighted by Gasteiger charge is 2.09. The van der Waals surface area contributed by atoms with Crippen LogP contribution in [0.2, 0.25) is 0 Å². The summed E-state index contributed by atoms with van der Waals surface area (Å²) in [6.45, 7) is 7.25. The SMILES string of the molecule is CC(C)CNCc1cccnc1N(C)Cc1ccsc1. The number of hydrogen-bond acceptors (Lipinski definition) is 4. The molecular weight excluding hydrogens is 266 g/mol. The van der Waals surface area contributed by atoms with Gasteiger partial charge in [0.05, 0.1) is 0 Å². The molecule has 0 aliphatic heterocycles. The number of hydrogen-bond donors (Lipinski definition) is 1. The Morgan fingerprint density at radius 2 is 2.20 bits per heavy atom. The quantitative estimate of drug-likeness (QED) is 0.845. The fraction of sp³-hybridized carbons (Fsp3) is 0.438. The highest BCUT2D eigenvalue weighted by molar-refractivity contribution is 7.07. The molecule has 2 heterocycles. The summed E-state index contributed by atoms with van der Waals surface area (Å²) in [5.41, 5.74) is 2.59. The third-order valence-electron chi connectivity index (χ3n) is 3.10. The van der Waals surface area contributed by atoms with Gasteiger partial charge in [-0.3, -0.25) is 0 Å². The van der Waals surface area contributed by atoms with Crippen LogP contribution in [-0.2, 0) is 13.1 Å². The van der Waals surface area contributed by atoms with Gasteiger partial charge in [0.2, 0.25) is 0 Å². The summed E-state index contributed by atoms with van der Waals surface area (Å²) < 4.78 is 0. The van der Waals surface area contributed by atoms with E-state index in [9.17, 15) is 0 Å². The molecule has 0 spiro atoms. The molecule has 0 bridgehead atoms. The predicted octanol–water partition coefficient (Wildman–Crippen LogP) is 3.53. The van der Waals surface area contributed by atoms with Crippen LogP contribution in [0.25, 0.3) is 0 Å². The first-order valence-electron chi connectivity index (χ1n) is 7.03. The molecule has 0 fully saturated rings. The van der Waals surface area contributed by atoms with Gasteiger partial charge >= 0.3 is 0 Å². The molecule has 0 aliphatic carbocycles. The van der Waals surface area contributed by atoms with Crippen molar-refractivity contribution in [3.05, 3.63) is 46.3 Å². The van der Waals surface area contributed by atoms with Gasteiger partial charge in [-0.1, -0.05) is 19.9 Å². The van der Waals surface area contributed by atoms with Crippen molar-refractivity contribution in [2.45, 2.75) is 26.9 Å². The van der Waals surface area contributed by atoms with Crippen molar-refractivity contribution >= 4 is 17.2 Å². The van der Waals surface area contributed by atoms with E-state index in [1.807, 2.05) is 12.3 Å². The molecule has 3 nitrogen and oxygen atoms in total. The molecular formula is C16H23N3S. The lowest BCUT2D eigenvalue weighted by Crippen LogP contribution is -2.23. The van der Waals surface area contributed by atoms with Crippen LogP contribution in [0.5, 0.6) is 0 Å². The Hall–Kier alpha value is -1.39. The van der Waals surface area contributed by atoms with Crippen molar-refractivity contribution in [2.24, 2.45) is 5.92 Å². The van der Waals surface area contributed by atoms with Crippen LogP contribution in [0, 0.1) is 5.92 Å².